The van der Waals surface area contributed by atoms with Crippen molar-refractivity contribution in [2.24, 2.45) is 15.3 Å². The van der Waals surface area contributed by atoms with Gasteiger partial charge in [0.1, 0.15) is 24.3 Å². The van der Waals surface area contributed by atoms with Gasteiger partial charge in [-0.25, -0.2) is 4.79 Å². The summed E-state index contributed by atoms with van der Waals surface area (Å²) in [4.78, 5) is 21.9. The minimum absolute atomic E-state index is 0.141. The quantitative estimate of drug-likeness (QED) is 0.0232. The van der Waals surface area contributed by atoms with Gasteiger partial charge in [0.25, 0.3) is 8.32 Å². The van der Waals surface area contributed by atoms with Crippen molar-refractivity contribution in [2.75, 3.05) is 6.61 Å². The Hall–Kier alpha value is -6.09. The van der Waals surface area contributed by atoms with E-state index < -0.39 is 99.3 Å². The van der Waals surface area contributed by atoms with E-state index in [-0.39, 0.29) is 13.2 Å². The summed E-state index contributed by atoms with van der Waals surface area (Å²) in [6.07, 6.45) is -18.2. The second-order valence-corrected chi connectivity index (χ2v) is 21.2. The summed E-state index contributed by atoms with van der Waals surface area (Å²) in [5.74, 6) is -9.00. The van der Waals surface area contributed by atoms with E-state index in [1.807, 2.05) is 81.4 Å². The maximum absolute atomic E-state index is 14.7. The van der Waals surface area contributed by atoms with Gasteiger partial charge in [-0.3, -0.25) is 0 Å². The van der Waals surface area contributed by atoms with Crippen LogP contribution in [-0.2, 0) is 50.9 Å². The van der Waals surface area contributed by atoms with E-state index in [1.165, 1.54) is 0 Å². The molecule has 0 radical (unpaired) electrons. The maximum Gasteiger partial charge on any atom is 0.465 e. The number of benzene rings is 4. The van der Waals surface area contributed by atoms with Crippen molar-refractivity contribution < 1.29 is 59.6 Å². The van der Waals surface area contributed by atoms with Crippen molar-refractivity contribution in [1.29, 1.82) is 0 Å². The van der Waals surface area contributed by atoms with Crippen LogP contribution in [-0.4, -0.2) is 94.2 Å². The Kier molecular flexibility index (Phi) is 16.9. The summed E-state index contributed by atoms with van der Waals surface area (Å²) in [5, 5.41) is 12.8. The summed E-state index contributed by atoms with van der Waals surface area (Å²) in [6, 6.07) is 30.8. The zero-order valence-electron chi connectivity index (χ0n) is 37.1. The van der Waals surface area contributed by atoms with E-state index in [9.17, 15) is 43.3 Å². The van der Waals surface area contributed by atoms with Crippen LogP contribution in [0, 0.1) is 0 Å². The van der Waals surface area contributed by atoms with E-state index in [4.69, 9.17) is 32.8 Å². The minimum Gasteiger partial charge on any atom is -0.452 e. The van der Waals surface area contributed by atoms with Crippen LogP contribution < -0.4 is 10.4 Å². The molecule has 4 aromatic carbocycles. The SMILES string of the molecule is C[C@H]1O[C@@H](O[Si](c2ccccc2)(c2ccccc2)C(C)(C)C)[C@H](N=[N+]=[N-])[C@@H](O[C@H]2O[C@H](COCc3ccccc3)[C@H](OC(=O)C(F)(F)C(F)(F)F)[C@H](OCc3ccccc3)[C@H]2N=[N+]=[N-])[C@@H]1N=[N+]=[N-]. The molecular formula is C45H48F5N9O8Si. The van der Waals surface area contributed by atoms with E-state index >= 15 is 0 Å². The number of hydrogen-bond acceptors (Lipinski definition) is 11. The number of ether oxygens (including phenoxy) is 6. The van der Waals surface area contributed by atoms with E-state index in [0.29, 0.717) is 11.1 Å². The molecule has 2 fully saturated rings. The van der Waals surface area contributed by atoms with Crippen LogP contribution in [0.1, 0.15) is 38.8 Å². The first kappa shape index (κ1) is 51.3. The highest BCUT2D eigenvalue weighted by Gasteiger charge is 2.66. The second kappa shape index (κ2) is 22.3. The predicted octanol–water partition coefficient (Wildman–Crippen LogP) is 9.37. The summed E-state index contributed by atoms with van der Waals surface area (Å²) < 4.78 is 114. The molecule has 23 heteroatoms. The number of nitrogens with zero attached hydrogens (tertiary/aromatic N) is 9. The van der Waals surface area contributed by atoms with E-state index in [0.717, 1.165) is 10.4 Å². The minimum atomic E-state index is -6.37. The number of halogens is 5. The van der Waals surface area contributed by atoms with Crippen molar-refractivity contribution in [3.63, 3.8) is 0 Å². The topological polar surface area (TPSA) is 228 Å². The lowest BCUT2D eigenvalue weighted by Gasteiger charge is -2.51. The van der Waals surface area contributed by atoms with Crippen molar-refractivity contribution in [1.82, 2.24) is 0 Å². The van der Waals surface area contributed by atoms with Crippen LogP contribution in [0.5, 0.6) is 0 Å². The van der Waals surface area contributed by atoms with Crippen molar-refractivity contribution >= 4 is 24.7 Å². The second-order valence-electron chi connectivity index (χ2n) is 16.9. The molecule has 2 saturated heterocycles. The lowest BCUT2D eigenvalue weighted by molar-refractivity contribution is -0.317. The molecule has 2 aliphatic rings. The van der Waals surface area contributed by atoms with Gasteiger partial charge in [0.05, 0.1) is 38.1 Å². The molecule has 4 aromatic rings. The first-order valence-corrected chi connectivity index (χ1v) is 23.2. The standard InChI is InChI=1S/C45H48F5N9O8Si/c1-28-34(54-57-51)38(35(55-58-52)41(63-28)67-68(43(2,3)4,31-21-13-7-14-22-31)32-23-15-8-16-24-32)65-40-36(56-59-53)39(62-26-30-19-11-6-12-20-30)37(66-42(60)44(46,47)45(48,49)50)33(64-40)27-61-25-29-17-9-5-10-18-29/h5-24,28,33-41H,25-27H2,1-4H3/t28-,33-,34-,35-,36-,37+,38+,39-,40-,41+/m1/s1. The monoisotopic (exact) mass is 965 g/mol. The van der Waals surface area contributed by atoms with Gasteiger partial charge in [0.15, 0.2) is 18.7 Å². The molecule has 6 rings (SSSR count). The lowest BCUT2D eigenvalue weighted by Crippen LogP contribution is -2.71. The molecule has 10 atom stereocenters. The van der Waals surface area contributed by atoms with Crippen LogP contribution >= 0.6 is 0 Å². The van der Waals surface area contributed by atoms with Crippen LogP contribution in [0.3, 0.4) is 0 Å². The molecule has 0 spiro atoms. The Balaban J connectivity index is 1.47. The molecule has 0 bridgehead atoms. The number of carbonyl (C=O) groups excluding carboxylic acids is 1. The fourth-order valence-corrected chi connectivity index (χ4v) is 12.8. The number of carbonyl (C=O) groups is 1. The average Bonchev–Trinajstić information content (AvgIpc) is 3.31. The van der Waals surface area contributed by atoms with E-state index in [2.05, 4.69) is 30.1 Å². The zero-order chi connectivity index (χ0) is 49.1. The molecule has 17 nitrogen and oxygen atoms in total. The first-order chi connectivity index (χ1) is 32.5. The van der Waals surface area contributed by atoms with Gasteiger partial charge in [-0.05, 0) is 50.1 Å². The molecule has 0 amide bonds. The fourth-order valence-electron chi connectivity index (χ4n) is 8.28. The van der Waals surface area contributed by atoms with Gasteiger partial charge in [0, 0.05) is 14.7 Å². The van der Waals surface area contributed by atoms with Gasteiger partial charge in [-0.15, -0.1) is 0 Å². The van der Waals surface area contributed by atoms with Crippen molar-refractivity contribution in [3.8, 4) is 0 Å². The Labute approximate surface area is 388 Å². The van der Waals surface area contributed by atoms with E-state index in [1.54, 1.807) is 67.6 Å². The van der Waals surface area contributed by atoms with Crippen molar-refractivity contribution in [3.05, 3.63) is 164 Å². The van der Waals surface area contributed by atoms with Crippen LogP contribution in [0.15, 0.2) is 137 Å². The third kappa shape index (κ3) is 11.4. The smallest absolute Gasteiger partial charge is 0.452 e. The number of alkyl halides is 5. The average molecular weight is 966 g/mol. The molecule has 0 aromatic heterocycles. The summed E-state index contributed by atoms with van der Waals surface area (Å²) in [6.45, 7) is 6.36. The van der Waals surface area contributed by atoms with Gasteiger partial charge in [0.2, 0.25) is 0 Å². The summed E-state index contributed by atoms with van der Waals surface area (Å²) in [5.41, 5.74) is 31.1. The molecule has 0 unspecified atom stereocenters. The maximum atomic E-state index is 14.7. The van der Waals surface area contributed by atoms with Gasteiger partial charge >= 0.3 is 18.1 Å². The Morgan fingerprint density at radius 3 is 1.60 bits per heavy atom. The van der Waals surface area contributed by atoms with Gasteiger partial charge in [-0.1, -0.05) is 157 Å². The highest BCUT2D eigenvalue weighted by Crippen LogP contribution is 2.43. The molecule has 68 heavy (non-hydrogen) atoms. The molecule has 2 aliphatic heterocycles. The molecule has 0 N–H and O–H groups in total. The Morgan fingerprint density at radius 2 is 1.12 bits per heavy atom. The van der Waals surface area contributed by atoms with Crippen molar-refractivity contribution in [2.45, 2.75) is 119 Å². The number of esters is 1. The normalized spacial score (nSPS) is 25.5. The zero-order valence-corrected chi connectivity index (χ0v) is 38.1. The van der Waals surface area contributed by atoms with Gasteiger partial charge < -0.3 is 32.8 Å². The van der Waals surface area contributed by atoms with Crippen LogP contribution in [0.2, 0.25) is 5.04 Å². The van der Waals surface area contributed by atoms with Crippen LogP contribution in [0.4, 0.5) is 22.0 Å². The third-order valence-corrected chi connectivity index (χ3v) is 16.5. The lowest BCUT2D eigenvalue weighted by atomic mass is 9.94. The van der Waals surface area contributed by atoms with Crippen LogP contribution in [0.25, 0.3) is 31.3 Å². The predicted molar refractivity (Wildman–Crippen MR) is 237 cm³/mol. The highest BCUT2D eigenvalue weighted by molar-refractivity contribution is 6.99. The fraction of sp³-hybridized carbons (Fsp3) is 0.444. The highest BCUT2D eigenvalue weighted by atomic mass is 28.4. The molecule has 0 saturated carbocycles. The first-order valence-electron chi connectivity index (χ1n) is 21.3. The molecule has 0 aliphatic carbocycles. The molecule has 2 heterocycles. The molecular weight excluding hydrogens is 918 g/mol. The number of hydrogen-bond donors (Lipinski definition) is 0. The Morgan fingerprint density at radius 1 is 0.647 bits per heavy atom. The summed E-state index contributed by atoms with van der Waals surface area (Å²) >= 11 is 0. The largest absolute Gasteiger partial charge is 0.465 e. The number of azide groups is 3. The Bertz CT molecular complexity index is 2390. The number of rotatable bonds is 18. The molecule has 360 valence electrons. The third-order valence-electron chi connectivity index (χ3n) is 11.5. The summed E-state index contributed by atoms with van der Waals surface area (Å²) in [7, 11) is -3.54. The van der Waals surface area contributed by atoms with Gasteiger partial charge in [-0.2, -0.15) is 22.0 Å².